The summed E-state index contributed by atoms with van der Waals surface area (Å²) < 4.78 is 5.20. The summed E-state index contributed by atoms with van der Waals surface area (Å²) in [5, 5.41) is 0. The van der Waals surface area contributed by atoms with Gasteiger partial charge in [-0.3, -0.25) is 0 Å². The standard InChI is InChI=1S/C13H29NO/c1-4-5-6-7-8-9-10-11-13(14)12(2)15-3/h12-13H,4-11,14H2,1-3H3. The van der Waals surface area contributed by atoms with Crippen LogP contribution in [0.25, 0.3) is 0 Å². The molecule has 2 N–H and O–H groups in total. The first-order valence-electron chi connectivity index (χ1n) is 6.50. The van der Waals surface area contributed by atoms with Crippen LogP contribution < -0.4 is 5.73 Å². The molecule has 0 aromatic rings. The van der Waals surface area contributed by atoms with Gasteiger partial charge in [-0.05, 0) is 13.3 Å². The average molecular weight is 215 g/mol. The predicted molar refractivity (Wildman–Crippen MR) is 67.1 cm³/mol. The highest BCUT2D eigenvalue weighted by molar-refractivity contribution is 4.68. The highest BCUT2D eigenvalue weighted by Gasteiger charge is 2.10. The summed E-state index contributed by atoms with van der Waals surface area (Å²) in [5.41, 5.74) is 5.97. The molecule has 0 aromatic heterocycles. The maximum absolute atomic E-state index is 5.97. The molecule has 0 aromatic carbocycles. The topological polar surface area (TPSA) is 35.2 Å². The summed E-state index contributed by atoms with van der Waals surface area (Å²) in [7, 11) is 1.73. The van der Waals surface area contributed by atoms with Gasteiger partial charge in [-0.2, -0.15) is 0 Å². The highest BCUT2D eigenvalue weighted by Crippen LogP contribution is 2.10. The molecule has 92 valence electrons. The van der Waals surface area contributed by atoms with E-state index in [-0.39, 0.29) is 12.1 Å². The molecule has 0 aliphatic heterocycles. The second-order valence-electron chi connectivity index (χ2n) is 4.51. The van der Waals surface area contributed by atoms with Crippen LogP contribution >= 0.6 is 0 Å². The van der Waals surface area contributed by atoms with Gasteiger partial charge in [0.05, 0.1) is 6.10 Å². The minimum atomic E-state index is 0.199. The maximum Gasteiger partial charge on any atom is 0.0694 e. The summed E-state index contributed by atoms with van der Waals surface area (Å²) in [6.07, 6.45) is 10.8. The van der Waals surface area contributed by atoms with Crippen molar-refractivity contribution in [3.63, 3.8) is 0 Å². The number of ether oxygens (including phenoxy) is 1. The second kappa shape index (κ2) is 10.4. The molecule has 2 unspecified atom stereocenters. The quantitative estimate of drug-likeness (QED) is 0.566. The number of hydrogen-bond donors (Lipinski definition) is 1. The number of rotatable bonds is 10. The summed E-state index contributed by atoms with van der Waals surface area (Å²) in [5.74, 6) is 0. The normalized spacial score (nSPS) is 15.2. The van der Waals surface area contributed by atoms with E-state index in [1.807, 2.05) is 6.92 Å². The number of nitrogens with two attached hydrogens (primary N) is 1. The summed E-state index contributed by atoms with van der Waals surface area (Å²) in [4.78, 5) is 0. The lowest BCUT2D eigenvalue weighted by molar-refractivity contribution is 0.0920. The Hall–Kier alpha value is -0.0800. The van der Waals surface area contributed by atoms with Crippen molar-refractivity contribution in [1.29, 1.82) is 0 Å². The third-order valence-electron chi connectivity index (χ3n) is 3.12. The third-order valence-corrected chi connectivity index (χ3v) is 3.12. The van der Waals surface area contributed by atoms with Crippen LogP contribution in [0.3, 0.4) is 0 Å². The van der Waals surface area contributed by atoms with Crippen LogP contribution in [0.4, 0.5) is 0 Å². The van der Waals surface area contributed by atoms with Crippen molar-refractivity contribution in [2.45, 2.75) is 77.4 Å². The van der Waals surface area contributed by atoms with E-state index in [2.05, 4.69) is 6.92 Å². The summed E-state index contributed by atoms with van der Waals surface area (Å²) in [6, 6.07) is 0.214. The molecule has 2 atom stereocenters. The Morgan fingerprint density at radius 1 is 1.00 bits per heavy atom. The molecule has 0 saturated carbocycles. The predicted octanol–water partition coefficient (Wildman–Crippen LogP) is 3.49. The van der Waals surface area contributed by atoms with Crippen LogP contribution in [0.1, 0.15) is 65.2 Å². The number of unbranched alkanes of at least 4 members (excludes halogenated alkanes) is 6. The number of hydrogen-bond acceptors (Lipinski definition) is 2. The fourth-order valence-electron chi connectivity index (χ4n) is 1.75. The molecule has 15 heavy (non-hydrogen) atoms. The first-order valence-corrected chi connectivity index (χ1v) is 6.50. The first-order chi connectivity index (χ1) is 7.22. The smallest absolute Gasteiger partial charge is 0.0694 e. The van der Waals surface area contributed by atoms with Crippen molar-refractivity contribution in [2.24, 2.45) is 5.73 Å². The fraction of sp³-hybridized carbons (Fsp3) is 1.00. The van der Waals surface area contributed by atoms with Crippen molar-refractivity contribution >= 4 is 0 Å². The van der Waals surface area contributed by atoms with E-state index in [0.717, 1.165) is 6.42 Å². The summed E-state index contributed by atoms with van der Waals surface area (Å²) in [6.45, 7) is 4.30. The van der Waals surface area contributed by atoms with Crippen LogP contribution in [-0.4, -0.2) is 19.3 Å². The Kier molecular flexibility index (Phi) is 10.4. The Morgan fingerprint density at radius 2 is 1.53 bits per heavy atom. The van der Waals surface area contributed by atoms with Crippen molar-refractivity contribution < 1.29 is 4.74 Å². The molecule has 2 nitrogen and oxygen atoms in total. The van der Waals surface area contributed by atoms with Crippen LogP contribution in [-0.2, 0) is 4.74 Å². The average Bonchev–Trinajstić information content (AvgIpc) is 2.26. The molecule has 0 spiro atoms. The van der Waals surface area contributed by atoms with Gasteiger partial charge in [-0.25, -0.2) is 0 Å². The molecule has 0 radical (unpaired) electrons. The van der Waals surface area contributed by atoms with Crippen LogP contribution in [0.5, 0.6) is 0 Å². The molecular formula is C13H29NO. The number of methoxy groups -OCH3 is 1. The van der Waals surface area contributed by atoms with Crippen LogP contribution in [0, 0.1) is 0 Å². The van der Waals surface area contributed by atoms with Crippen LogP contribution in [0.15, 0.2) is 0 Å². The third kappa shape index (κ3) is 8.88. The molecule has 0 fully saturated rings. The van der Waals surface area contributed by atoms with E-state index in [1.165, 1.54) is 44.9 Å². The van der Waals surface area contributed by atoms with Gasteiger partial charge in [0.15, 0.2) is 0 Å². The lowest BCUT2D eigenvalue weighted by atomic mass is 10.0. The van der Waals surface area contributed by atoms with Gasteiger partial charge < -0.3 is 10.5 Å². The van der Waals surface area contributed by atoms with E-state index < -0.39 is 0 Å². The summed E-state index contributed by atoms with van der Waals surface area (Å²) >= 11 is 0. The molecule has 0 amide bonds. The lowest BCUT2D eigenvalue weighted by Gasteiger charge is -2.17. The van der Waals surface area contributed by atoms with Crippen molar-refractivity contribution in [1.82, 2.24) is 0 Å². The zero-order chi connectivity index (χ0) is 11.5. The van der Waals surface area contributed by atoms with Crippen molar-refractivity contribution in [2.75, 3.05) is 7.11 Å². The fourth-order valence-corrected chi connectivity index (χ4v) is 1.75. The van der Waals surface area contributed by atoms with E-state index in [9.17, 15) is 0 Å². The Morgan fingerprint density at radius 3 is 2.07 bits per heavy atom. The van der Waals surface area contributed by atoms with Gasteiger partial charge in [-0.1, -0.05) is 51.9 Å². The van der Waals surface area contributed by atoms with Crippen LogP contribution in [0.2, 0.25) is 0 Å². The van der Waals surface area contributed by atoms with Crippen molar-refractivity contribution in [3.8, 4) is 0 Å². The minimum absolute atomic E-state index is 0.199. The molecule has 0 rings (SSSR count). The minimum Gasteiger partial charge on any atom is -0.380 e. The van der Waals surface area contributed by atoms with Crippen molar-refractivity contribution in [3.05, 3.63) is 0 Å². The molecule has 0 bridgehead atoms. The van der Waals surface area contributed by atoms with E-state index in [1.54, 1.807) is 7.11 Å². The molecule has 0 aliphatic carbocycles. The second-order valence-corrected chi connectivity index (χ2v) is 4.51. The molecule has 0 aliphatic rings. The largest absolute Gasteiger partial charge is 0.380 e. The molecule has 2 heteroatoms. The van der Waals surface area contributed by atoms with Gasteiger partial charge in [0.25, 0.3) is 0 Å². The molecule has 0 heterocycles. The van der Waals surface area contributed by atoms with Gasteiger partial charge in [0, 0.05) is 13.2 Å². The molecular weight excluding hydrogens is 186 g/mol. The van der Waals surface area contributed by atoms with Gasteiger partial charge in [0.1, 0.15) is 0 Å². The Labute approximate surface area is 95.6 Å². The molecule has 0 saturated heterocycles. The highest BCUT2D eigenvalue weighted by atomic mass is 16.5. The SMILES string of the molecule is CCCCCCCCCC(N)C(C)OC. The monoisotopic (exact) mass is 215 g/mol. The Balaban J connectivity index is 3.16. The Bertz CT molecular complexity index is 128. The van der Waals surface area contributed by atoms with Gasteiger partial charge in [0.2, 0.25) is 0 Å². The van der Waals surface area contributed by atoms with E-state index in [0.29, 0.717) is 0 Å². The van der Waals surface area contributed by atoms with E-state index >= 15 is 0 Å². The van der Waals surface area contributed by atoms with E-state index in [4.69, 9.17) is 10.5 Å². The lowest BCUT2D eigenvalue weighted by Crippen LogP contribution is -2.33. The first kappa shape index (κ1) is 14.9. The van der Waals surface area contributed by atoms with Gasteiger partial charge >= 0.3 is 0 Å². The van der Waals surface area contributed by atoms with Gasteiger partial charge in [-0.15, -0.1) is 0 Å². The maximum atomic E-state index is 5.97. The zero-order valence-corrected chi connectivity index (χ0v) is 10.8. The zero-order valence-electron chi connectivity index (χ0n) is 10.8.